The SMILES string of the molecule is CN(Cc1cccc(Cl)c1)C(=O)N[C@H](CC(=O)O)C(=O)O. The van der Waals surface area contributed by atoms with Crippen molar-refractivity contribution < 1.29 is 24.6 Å². The molecule has 0 bridgehead atoms. The molecule has 0 aliphatic heterocycles. The third-order valence-corrected chi connectivity index (χ3v) is 2.87. The Morgan fingerprint density at radius 2 is 2.00 bits per heavy atom. The fourth-order valence-electron chi connectivity index (χ4n) is 1.61. The second kappa shape index (κ2) is 7.49. The Balaban J connectivity index is 2.64. The molecular formula is C13H15ClN2O5. The third-order valence-electron chi connectivity index (χ3n) is 2.63. The van der Waals surface area contributed by atoms with Crippen molar-refractivity contribution in [1.82, 2.24) is 10.2 Å². The molecule has 0 saturated carbocycles. The van der Waals surface area contributed by atoms with Crippen LogP contribution in [0.25, 0.3) is 0 Å². The Kier molecular flexibility index (Phi) is 5.98. The molecular weight excluding hydrogens is 300 g/mol. The topological polar surface area (TPSA) is 107 Å². The fourth-order valence-corrected chi connectivity index (χ4v) is 1.83. The number of nitrogens with zero attached hydrogens (tertiary/aromatic N) is 1. The van der Waals surface area contributed by atoms with Crippen molar-refractivity contribution in [3.8, 4) is 0 Å². The maximum Gasteiger partial charge on any atom is 0.326 e. The van der Waals surface area contributed by atoms with Crippen molar-refractivity contribution in [3.63, 3.8) is 0 Å². The predicted octanol–water partition coefficient (Wildman–Crippen LogP) is 1.41. The maximum atomic E-state index is 11.9. The molecule has 8 heteroatoms. The average molecular weight is 315 g/mol. The highest BCUT2D eigenvalue weighted by atomic mass is 35.5. The van der Waals surface area contributed by atoms with Gasteiger partial charge >= 0.3 is 18.0 Å². The molecule has 0 spiro atoms. The van der Waals surface area contributed by atoms with Gasteiger partial charge in [0.15, 0.2) is 0 Å². The highest BCUT2D eigenvalue weighted by Gasteiger charge is 2.24. The van der Waals surface area contributed by atoms with E-state index in [2.05, 4.69) is 5.32 Å². The zero-order chi connectivity index (χ0) is 16.0. The minimum absolute atomic E-state index is 0.214. The third kappa shape index (κ3) is 5.70. The second-order valence-electron chi connectivity index (χ2n) is 4.42. The first kappa shape index (κ1) is 16.8. The smallest absolute Gasteiger partial charge is 0.326 e. The van der Waals surface area contributed by atoms with Gasteiger partial charge in [-0.25, -0.2) is 9.59 Å². The molecule has 0 aliphatic rings. The quantitative estimate of drug-likeness (QED) is 0.736. The highest BCUT2D eigenvalue weighted by Crippen LogP contribution is 2.12. The molecule has 7 nitrogen and oxygen atoms in total. The molecule has 1 rings (SSSR count). The van der Waals surface area contributed by atoms with Crippen LogP contribution in [0.5, 0.6) is 0 Å². The van der Waals surface area contributed by atoms with Gasteiger partial charge in [-0.3, -0.25) is 4.79 Å². The molecule has 114 valence electrons. The van der Waals surface area contributed by atoms with E-state index in [0.717, 1.165) is 5.56 Å². The van der Waals surface area contributed by atoms with E-state index in [9.17, 15) is 14.4 Å². The van der Waals surface area contributed by atoms with E-state index in [0.29, 0.717) is 5.02 Å². The lowest BCUT2D eigenvalue weighted by Gasteiger charge is -2.20. The number of carboxylic acids is 2. The van der Waals surface area contributed by atoms with E-state index in [1.54, 1.807) is 24.3 Å². The van der Waals surface area contributed by atoms with Gasteiger partial charge in [0.25, 0.3) is 0 Å². The van der Waals surface area contributed by atoms with Crippen LogP contribution < -0.4 is 5.32 Å². The molecule has 1 aromatic carbocycles. The summed E-state index contributed by atoms with van der Waals surface area (Å²) in [6, 6.07) is 4.71. The van der Waals surface area contributed by atoms with Crippen molar-refractivity contribution in [3.05, 3.63) is 34.9 Å². The van der Waals surface area contributed by atoms with Crippen LogP contribution in [-0.4, -0.2) is 46.2 Å². The Hall–Kier alpha value is -2.28. The molecule has 0 radical (unpaired) electrons. The van der Waals surface area contributed by atoms with Gasteiger partial charge in [-0.15, -0.1) is 0 Å². The summed E-state index contributed by atoms with van der Waals surface area (Å²) in [5.41, 5.74) is 0.769. The number of carbonyl (C=O) groups excluding carboxylic acids is 1. The van der Waals surface area contributed by atoms with Crippen LogP contribution >= 0.6 is 11.6 Å². The molecule has 1 aromatic rings. The molecule has 0 aromatic heterocycles. The summed E-state index contributed by atoms with van der Waals surface area (Å²) in [5.74, 6) is -2.71. The number of rotatable bonds is 6. The van der Waals surface area contributed by atoms with Crippen LogP contribution in [0.3, 0.4) is 0 Å². The maximum absolute atomic E-state index is 11.9. The van der Waals surface area contributed by atoms with Crippen LogP contribution in [0.1, 0.15) is 12.0 Å². The van der Waals surface area contributed by atoms with E-state index in [1.165, 1.54) is 11.9 Å². The summed E-state index contributed by atoms with van der Waals surface area (Å²) in [6.07, 6.45) is -0.688. The van der Waals surface area contributed by atoms with Gasteiger partial charge in [0.1, 0.15) is 6.04 Å². The van der Waals surface area contributed by atoms with Crippen molar-refractivity contribution in [2.45, 2.75) is 19.0 Å². The molecule has 0 saturated heterocycles. The largest absolute Gasteiger partial charge is 0.481 e. The standard InChI is InChI=1S/C13H15ClN2O5/c1-16(7-8-3-2-4-9(14)5-8)13(21)15-10(12(19)20)6-11(17)18/h2-5,10H,6-7H2,1H3,(H,15,21)(H,17,18)(H,19,20)/t10-/m1/s1. The van der Waals surface area contributed by atoms with Crippen molar-refractivity contribution in [2.75, 3.05) is 7.05 Å². The van der Waals surface area contributed by atoms with E-state index < -0.39 is 30.4 Å². The summed E-state index contributed by atoms with van der Waals surface area (Å²) in [4.78, 5) is 34.5. The number of carbonyl (C=O) groups is 3. The lowest BCUT2D eigenvalue weighted by atomic mass is 10.2. The molecule has 21 heavy (non-hydrogen) atoms. The zero-order valence-corrected chi connectivity index (χ0v) is 12.0. The molecule has 1 atom stereocenters. The number of hydrogen-bond acceptors (Lipinski definition) is 3. The van der Waals surface area contributed by atoms with E-state index in [-0.39, 0.29) is 6.54 Å². The Labute approximate surface area is 126 Å². The van der Waals surface area contributed by atoms with Crippen LogP contribution in [0.15, 0.2) is 24.3 Å². The lowest BCUT2D eigenvalue weighted by Crippen LogP contribution is -2.47. The Morgan fingerprint density at radius 1 is 1.33 bits per heavy atom. The second-order valence-corrected chi connectivity index (χ2v) is 4.86. The summed E-state index contributed by atoms with van der Waals surface area (Å²) < 4.78 is 0. The van der Waals surface area contributed by atoms with Crippen molar-refractivity contribution in [2.24, 2.45) is 0 Å². The van der Waals surface area contributed by atoms with E-state index in [4.69, 9.17) is 21.8 Å². The van der Waals surface area contributed by atoms with Gasteiger partial charge in [0.05, 0.1) is 6.42 Å². The lowest BCUT2D eigenvalue weighted by molar-refractivity contribution is -0.145. The Morgan fingerprint density at radius 3 is 2.52 bits per heavy atom. The summed E-state index contributed by atoms with van der Waals surface area (Å²) >= 11 is 5.83. The van der Waals surface area contributed by atoms with Gasteiger partial charge in [0, 0.05) is 18.6 Å². The first-order valence-corrected chi connectivity index (χ1v) is 6.38. The number of urea groups is 1. The summed E-state index contributed by atoms with van der Waals surface area (Å²) in [5, 5.41) is 20.2. The van der Waals surface area contributed by atoms with Gasteiger partial charge < -0.3 is 20.4 Å². The highest BCUT2D eigenvalue weighted by molar-refractivity contribution is 6.30. The predicted molar refractivity (Wildman–Crippen MR) is 75.1 cm³/mol. The van der Waals surface area contributed by atoms with Crippen LogP contribution in [0, 0.1) is 0 Å². The van der Waals surface area contributed by atoms with Gasteiger partial charge in [-0.2, -0.15) is 0 Å². The minimum atomic E-state index is -1.48. The summed E-state index contributed by atoms with van der Waals surface area (Å²) in [6.45, 7) is 0.214. The molecule has 3 N–H and O–H groups in total. The molecule has 0 unspecified atom stereocenters. The number of carboxylic acid groups (broad SMARTS) is 2. The number of aliphatic carboxylic acids is 2. The molecule has 0 fully saturated rings. The normalized spacial score (nSPS) is 11.5. The van der Waals surface area contributed by atoms with E-state index in [1.807, 2.05) is 0 Å². The van der Waals surface area contributed by atoms with Gasteiger partial charge in [-0.1, -0.05) is 23.7 Å². The monoisotopic (exact) mass is 314 g/mol. The number of halogens is 1. The van der Waals surface area contributed by atoms with Crippen molar-refractivity contribution >= 4 is 29.6 Å². The number of nitrogens with one attached hydrogen (secondary N) is 1. The van der Waals surface area contributed by atoms with Crippen LogP contribution in [-0.2, 0) is 16.1 Å². The first-order chi connectivity index (χ1) is 9.79. The van der Waals surface area contributed by atoms with E-state index >= 15 is 0 Å². The van der Waals surface area contributed by atoms with Crippen LogP contribution in [0.4, 0.5) is 4.79 Å². The number of amides is 2. The zero-order valence-electron chi connectivity index (χ0n) is 11.2. The van der Waals surface area contributed by atoms with Gasteiger partial charge in [0.2, 0.25) is 0 Å². The minimum Gasteiger partial charge on any atom is -0.481 e. The Bertz CT molecular complexity index is 549. The number of hydrogen-bond donors (Lipinski definition) is 3. The molecule has 0 heterocycles. The molecule has 2 amide bonds. The van der Waals surface area contributed by atoms with Crippen LogP contribution in [0.2, 0.25) is 5.02 Å². The number of benzene rings is 1. The van der Waals surface area contributed by atoms with Gasteiger partial charge in [-0.05, 0) is 17.7 Å². The molecule has 0 aliphatic carbocycles. The van der Waals surface area contributed by atoms with Crippen molar-refractivity contribution in [1.29, 1.82) is 0 Å². The average Bonchev–Trinajstić information content (AvgIpc) is 2.37. The first-order valence-electron chi connectivity index (χ1n) is 6.00. The summed E-state index contributed by atoms with van der Waals surface area (Å²) in [7, 11) is 1.47. The fraction of sp³-hybridized carbons (Fsp3) is 0.308.